The summed E-state index contributed by atoms with van der Waals surface area (Å²) in [5, 5.41) is 10.3. The smallest absolute Gasteiger partial charge is 0.362 e. The van der Waals surface area contributed by atoms with Crippen LogP contribution in [0, 0.1) is 20.8 Å². The third-order valence-corrected chi connectivity index (χ3v) is 5.07. The summed E-state index contributed by atoms with van der Waals surface area (Å²) >= 11 is 8.24. The van der Waals surface area contributed by atoms with E-state index in [9.17, 15) is 13.2 Å². The molecule has 0 bridgehead atoms. The second-order valence-corrected chi connectivity index (χ2v) is 7.22. The first-order valence-corrected chi connectivity index (χ1v) is 9.22. The molecule has 0 atom stereocenters. The number of nitrogens with zero attached hydrogens (tertiary/aromatic N) is 2. The molecule has 4 nitrogen and oxygen atoms in total. The van der Waals surface area contributed by atoms with Crippen molar-refractivity contribution in [2.45, 2.75) is 39.9 Å². The highest BCUT2D eigenvalue weighted by molar-refractivity contribution is 9.10. The normalized spacial score (nSPS) is 11.5. The summed E-state index contributed by atoms with van der Waals surface area (Å²) in [6.07, 6.45) is -3.88. The predicted octanol–water partition coefficient (Wildman–Crippen LogP) is 4.97. The molecule has 26 heavy (non-hydrogen) atoms. The molecule has 1 aromatic heterocycles. The Labute approximate surface area is 164 Å². The van der Waals surface area contributed by atoms with Crippen molar-refractivity contribution in [2.75, 3.05) is 11.9 Å². The van der Waals surface area contributed by atoms with E-state index in [1.54, 1.807) is 6.92 Å². The van der Waals surface area contributed by atoms with Crippen LogP contribution in [0.2, 0.25) is 0 Å². The summed E-state index contributed by atoms with van der Waals surface area (Å²) in [5.41, 5.74) is 2.70. The van der Waals surface area contributed by atoms with Crippen molar-refractivity contribution in [3.8, 4) is 0 Å². The highest BCUT2D eigenvalue weighted by Gasteiger charge is 2.37. The molecule has 2 aromatic rings. The van der Waals surface area contributed by atoms with E-state index in [0.29, 0.717) is 30.3 Å². The maximum Gasteiger partial charge on any atom is 0.436 e. The van der Waals surface area contributed by atoms with Crippen molar-refractivity contribution < 1.29 is 13.2 Å². The van der Waals surface area contributed by atoms with Crippen LogP contribution in [-0.4, -0.2) is 21.4 Å². The molecule has 0 aliphatic heterocycles. The standard InChI is InChI=1S/C17H20BrF3N4S/c1-10-5-6-11(2)13(9-10)23-16(26)22-7-4-8-25-12(3)14(18)15(24-25)17(19,20)21/h5-6,9H,4,7-8H2,1-3H3,(H2,22,23,26). The Bertz CT molecular complexity index is 802. The van der Waals surface area contributed by atoms with Crippen LogP contribution < -0.4 is 10.6 Å². The maximum absolute atomic E-state index is 12.9. The van der Waals surface area contributed by atoms with Gasteiger partial charge < -0.3 is 10.6 Å². The fourth-order valence-corrected chi connectivity index (χ4v) is 3.11. The summed E-state index contributed by atoms with van der Waals surface area (Å²) in [5.74, 6) is 0. The van der Waals surface area contributed by atoms with Gasteiger partial charge >= 0.3 is 6.18 Å². The van der Waals surface area contributed by atoms with Crippen LogP contribution in [0.15, 0.2) is 22.7 Å². The van der Waals surface area contributed by atoms with Crippen LogP contribution in [-0.2, 0) is 12.7 Å². The minimum absolute atomic E-state index is 0.00920. The highest BCUT2D eigenvalue weighted by atomic mass is 79.9. The van der Waals surface area contributed by atoms with E-state index in [4.69, 9.17) is 12.2 Å². The molecule has 0 aliphatic carbocycles. The van der Waals surface area contributed by atoms with Crippen molar-refractivity contribution in [2.24, 2.45) is 0 Å². The number of thiocarbonyl (C=S) groups is 1. The summed E-state index contributed by atoms with van der Waals surface area (Å²) in [6.45, 7) is 6.48. The van der Waals surface area contributed by atoms with Gasteiger partial charge in [0, 0.05) is 18.8 Å². The Morgan fingerprint density at radius 3 is 2.58 bits per heavy atom. The molecule has 1 aromatic carbocycles. The van der Waals surface area contributed by atoms with Crippen molar-refractivity contribution in [3.63, 3.8) is 0 Å². The Morgan fingerprint density at radius 1 is 1.27 bits per heavy atom. The third-order valence-electron chi connectivity index (χ3n) is 3.88. The van der Waals surface area contributed by atoms with Gasteiger partial charge in [-0.25, -0.2) is 0 Å². The summed E-state index contributed by atoms with van der Waals surface area (Å²) in [7, 11) is 0. The average Bonchev–Trinajstić information content (AvgIpc) is 2.83. The third kappa shape index (κ3) is 5.20. The van der Waals surface area contributed by atoms with E-state index in [2.05, 4.69) is 31.7 Å². The zero-order chi connectivity index (χ0) is 19.5. The van der Waals surface area contributed by atoms with Crippen molar-refractivity contribution >= 4 is 38.9 Å². The predicted molar refractivity (Wildman–Crippen MR) is 104 cm³/mol. The lowest BCUT2D eigenvalue weighted by Crippen LogP contribution is -2.30. The largest absolute Gasteiger partial charge is 0.436 e. The maximum atomic E-state index is 12.9. The Morgan fingerprint density at radius 2 is 1.96 bits per heavy atom. The van der Waals surface area contributed by atoms with Crippen molar-refractivity contribution in [1.82, 2.24) is 15.1 Å². The van der Waals surface area contributed by atoms with Crippen LogP contribution in [0.1, 0.15) is 28.9 Å². The first-order valence-electron chi connectivity index (χ1n) is 8.02. The van der Waals surface area contributed by atoms with Gasteiger partial charge in [0.25, 0.3) is 0 Å². The van der Waals surface area contributed by atoms with Gasteiger partial charge in [-0.2, -0.15) is 18.3 Å². The number of hydrogen-bond acceptors (Lipinski definition) is 2. The molecule has 0 saturated heterocycles. The van der Waals surface area contributed by atoms with Crippen LogP contribution in [0.25, 0.3) is 0 Å². The van der Waals surface area contributed by atoms with E-state index < -0.39 is 11.9 Å². The van der Waals surface area contributed by atoms with Crippen LogP contribution >= 0.6 is 28.1 Å². The zero-order valence-corrected chi connectivity index (χ0v) is 17.1. The van der Waals surface area contributed by atoms with E-state index >= 15 is 0 Å². The van der Waals surface area contributed by atoms with Crippen LogP contribution in [0.4, 0.5) is 18.9 Å². The van der Waals surface area contributed by atoms with Crippen LogP contribution in [0.3, 0.4) is 0 Å². The number of benzene rings is 1. The Hall–Kier alpha value is -1.61. The van der Waals surface area contributed by atoms with Gasteiger partial charge in [0.15, 0.2) is 10.8 Å². The molecule has 0 aliphatic rings. The molecule has 0 amide bonds. The fraction of sp³-hybridized carbons (Fsp3) is 0.412. The van der Waals surface area contributed by atoms with Gasteiger partial charge in [0.2, 0.25) is 0 Å². The molecule has 0 unspecified atom stereocenters. The molecule has 142 valence electrons. The van der Waals surface area contributed by atoms with Crippen molar-refractivity contribution in [3.05, 3.63) is 45.2 Å². The Kier molecular flexibility index (Phi) is 6.68. The molecule has 9 heteroatoms. The second kappa shape index (κ2) is 8.39. The topological polar surface area (TPSA) is 41.9 Å². The first-order chi connectivity index (χ1) is 12.1. The molecular formula is C17H20BrF3N4S. The van der Waals surface area contributed by atoms with Gasteiger partial charge in [-0.05, 0) is 72.5 Å². The molecule has 0 fully saturated rings. The number of anilines is 1. The molecule has 1 heterocycles. The number of hydrogen-bond donors (Lipinski definition) is 2. The minimum Gasteiger partial charge on any atom is -0.362 e. The lowest BCUT2D eigenvalue weighted by molar-refractivity contribution is -0.142. The van der Waals surface area contributed by atoms with Gasteiger partial charge in [-0.3, -0.25) is 4.68 Å². The van der Waals surface area contributed by atoms with E-state index in [1.807, 2.05) is 32.0 Å². The molecular weight excluding hydrogens is 429 g/mol. The van der Waals surface area contributed by atoms with Crippen LogP contribution in [0.5, 0.6) is 0 Å². The van der Waals surface area contributed by atoms with Crippen molar-refractivity contribution in [1.29, 1.82) is 0 Å². The number of aryl methyl sites for hydroxylation is 3. The first kappa shape index (κ1) is 20.7. The number of rotatable bonds is 5. The summed E-state index contributed by atoms with van der Waals surface area (Å²) in [4.78, 5) is 0. The summed E-state index contributed by atoms with van der Waals surface area (Å²) < 4.78 is 39.9. The Balaban J connectivity index is 1.85. The van der Waals surface area contributed by atoms with Gasteiger partial charge in [-0.1, -0.05) is 12.1 Å². The second-order valence-electron chi connectivity index (χ2n) is 6.02. The molecule has 0 radical (unpaired) electrons. The molecule has 0 saturated carbocycles. The quantitative estimate of drug-likeness (QED) is 0.500. The monoisotopic (exact) mass is 448 g/mol. The van der Waals surface area contributed by atoms with Gasteiger partial charge in [0.1, 0.15) is 0 Å². The molecule has 2 N–H and O–H groups in total. The average molecular weight is 449 g/mol. The minimum atomic E-state index is -4.47. The number of aromatic nitrogens is 2. The van der Waals surface area contributed by atoms with E-state index in [-0.39, 0.29) is 4.47 Å². The molecule has 0 spiro atoms. The highest BCUT2D eigenvalue weighted by Crippen LogP contribution is 2.35. The van der Waals surface area contributed by atoms with E-state index in [1.165, 1.54) is 4.68 Å². The lowest BCUT2D eigenvalue weighted by atomic mass is 10.1. The van der Waals surface area contributed by atoms with E-state index in [0.717, 1.165) is 16.8 Å². The van der Waals surface area contributed by atoms with Gasteiger partial charge in [-0.15, -0.1) is 0 Å². The fourth-order valence-electron chi connectivity index (χ4n) is 2.39. The summed E-state index contributed by atoms with van der Waals surface area (Å²) in [6, 6.07) is 6.04. The number of halogens is 4. The number of nitrogens with one attached hydrogen (secondary N) is 2. The lowest BCUT2D eigenvalue weighted by Gasteiger charge is -2.13. The van der Waals surface area contributed by atoms with Gasteiger partial charge in [0.05, 0.1) is 10.2 Å². The molecule has 2 rings (SSSR count). The SMILES string of the molecule is Cc1ccc(C)c(NC(=S)NCCCn2nc(C(F)(F)F)c(Br)c2C)c1. The number of alkyl halides is 3. The zero-order valence-electron chi connectivity index (χ0n) is 14.7.